The zero-order valence-corrected chi connectivity index (χ0v) is 6.57. The lowest BCUT2D eigenvalue weighted by Crippen LogP contribution is -2.34. The Hall–Kier alpha value is -1.16. The van der Waals surface area contributed by atoms with Gasteiger partial charge < -0.3 is 9.47 Å². The molecule has 0 aromatic heterocycles. The van der Waals surface area contributed by atoms with E-state index in [2.05, 4.69) is 0 Å². The van der Waals surface area contributed by atoms with Gasteiger partial charge >= 0.3 is 5.97 Å². The second-order valence-electron chi connectivity index (χ2n) is 2.93. The van der Waals surface area contributed by atoms with E-state index in [9.17, 15) is 9.59 Å². The normalized spacial score (nSPS) is 37.4. The minimum Gasteiger partial charge on any atom is -0.455 e. The number of ketones is 1. The van der Waals surface area contributed by atoms with Gasteiger partial charge in [0.1, 0.15) is 0 Å². The van der Waals surface area contributed by atoms with E-state index in [0.29, 0.717) is 6.61 Å². The quantitative estimate of drug-likeness (QED) is 0.403. The topological polar surface area (TPSA) is 55.9 Å². The van der Waals surface area contributed by atoms with Crippen LogP contribution in [0.15, 0.2) is 12.2 Å². The zero-order chi connectivity index (χ0) is 8.77. The van der Waals surface area contributed by atoms with Gasteiger partial charge in [0.25, 0.3) is 0 Å². The number of hydrogen-bond donors (Lipinski definition) is 0. The van der Waals surface area contributed by atoms with Gasteiger partial charge in [0.05, 0.1) is 6.61 Å². The molecule has 4 heteroatoms. The monoisotopic (exact) mass is 168 g/mol. The fourth-order valence-electron chi connectivity index (χ4n) is 1.31. The average Bonchev–Trinajstić information content (AvgIpc) is 2.71. The Balaban J connectivity index is 2.13. The third kappa shape index (κ3) is 0.881. The highest BCUT2D eigenvalue weighted by molar-refractivity contribution is 6.02. The maximum absolute atomic E-state index is 11.1. The van der Waals surface area contributed by atoms with Crippen molar-refractivity contribution in [1.82, 2.24) is 0 Å². The SMILES string of the molecule is CC(=O)OC1C=CC(=O)C12CO2. The summed E-state index contributed by atoms with van der Waals surface area (Å²) in [7, 11) is 0. The van der Waals surface area contributed by atoms with Crippen LogP contribution >= 0.6 is 0 Å². The molecule has 1 aliphatic carbocycles. The highest BCUT2D eigenvalue weighted by atomic mass is 16.6. The van der Waals surface area contributed by atoms with Crippen LogP contribution in [-0.2, 0) is 19.1 Å². The number of carbonyl (C=O) groups excluding carboxylic acids is 2. The number of carbonyl (C=O) groups is 2. The molecule has 0 amide bonds. The van der Waals surface area contributed by atoms with Gasteiger partial charge in [0, 0.05) is 6.92 Å². The molecule has 2 unspecified atom stereocenters. The summed E-state index contributed by atoms with van der Waals surface area (Å²) >= 11 is 0. The first-order valence-electron chi connectivity index (χ1n) is 3.69. The molecule has 2 aliphatic rings. The van der Waals surface area contributed by atoms with Crippen LogP contribution in [-0.4, -0.2) is 30.1 Å². The van der Waals surface area contributed by atoms with Crippen molar-refractivity contribution < 1.29 is 19.1 Å². The summed E-state index contributed by atoms with van der Waals surface area (Å²) in [5.74, 6) is -0.497. The molecular weight excluding hydrogens is 160 g/mol. The highest BCUT2D eigenvalue weighted by Crippen LogP contribution is 2.38. The molecule has 0 radical (unpaired) electrons. The smallest absolute Gasteiger partial charge is 0.303 e. The Kier molecular flexibility index (Phi) is 1.35. The Morgan fingerprint density at radius 3 is 3.00 bits per heavy atom. The maximum Gasteiger partial charge on any atom is 0.303 e. The predicted octanol–water partition coefficient (Wildman–Crippen LogP) is -0.174. The average molecular weight is 168 g/mol. The molecular formula is C8H8O4. The minimum absolute atomic E-state index is 0.103. The molecule has 12 heavy (non-hydrogen) atoms. The molecule has 1 heterocycles. The van der Waals surface area contributed by atoms with E-state index < -0.39 is 17.7 Å². The second kappa shape index (κ2) is 2.17. The van der Waals surface area contributed by atoms with E-state index in [-0.39, 0.29) is 5.78 Å². The van der Waals surface area contributed by atoms with Gasteiger partial charge in [0.2, 0.25) is 0 Å². The maximum atomic E-state index is 11.1. The van der Waals surface area contributed by atoms with Crippen molar-refractivity contribution in [1.29, 1.82) is 0 Å². The van der Waals surface area contributed by atoms with Crippen molar-refractivity contribution in [3.05, 3.63) is 12.2 Å². The lowest BCUT2D eigenvalue weighted by atomic mass is 10.1. The molecule has 2 atom stereocenters. The summed E-state index contributed by atoms with van der Waals surface area (Å²) in [5.41, 5.74) is -0.842. The first-order chi connectivity index (χ1) is 5.65. The highest BCUT2D eigenvalue weighted by Gasteiger charge is 2.60. The molecule has 1 fully saturated rings. The molecule has 1 spiro atoms. The fourth-order valence-corrected chi connectivity index (χ4v) is 1.31. The molecule has 0 N–H and O–H groups in total. The van der Waals surface area contributed by atoms with Crippen molar-refractivity contribution in [2.45, 2.75) is 18.6 Å². The fraction of sp³-hybridized carbons (Fsp3) is 0.500. The van der Waals surface area contributed by atoms with Crippen LogP contribution < -0.4 is 0 Å². The van der Waals surface area contributed by atoms with Crippen molar-refractivity contribution in [2.75, 3.05) is 6.61 Å². The third-order valence-corrected chi connectivity index (χ3v) is 2.05. The van der Waals surface area contributed by atoms with Crippen LogP contribution in [0.2, 0.25) is 0 Å². The summed E-state index contributed by atoms with van der Waals surface area (Å²) in [6, 6.07) is 0. The van der Waals surface area contributed by atoms with Crippen molar-refractivity contribution >= 4 is 11.8 Å². The van der Waals surface area contributed by atoms with Gasteiger partial charge in [-0.3, -0.25) is 9.59 Å². The van der Waals surface area contributed by atoms with Crippen LogP contribution in [0, 0.1) is 0 Å². The van der Waals surface area contributed by atoms with Gasteiger partial charge in [-0.1, -0.05) is 0 Å². The lowest BCUT2D eigenvalue weighted by molar-refractivity contribution is -0.147. The standard InChI is InChI=1S/C8H8O4/c1-5(9)12-7-3-2-6(10)8(7)4-11-8/h2-3,7H,4H2,1H3. The van der Waals surface area contributed by atoms with Crippen LogP contribution in [0.4, 0.5) is 0 Å². The molecule has 0 aromatic rings. The molecule has 1 saturated heterocycles. The first kappa shape index (κ1) is 7.49. The Morgan fingerprint density at radius 1 is 1.83 bits per heavy atom. The number of rotatable bonds is 1. The summed E-state index contributed by atoms with van der Waals surface area (Å²) in [6.45, 7) is 1.67. The van der Waals surface area contributed by atoms with Crippen molar-refractivity contribution in [3.8, 4) is 0 Å². The predicted molar refractivity (Wildman–Crippen MR) is 38.4 cm³/mol. The van der Waals surface area contributed by atoms with Gasteiger partial charge in [-0.25, -0.2) is 0 Å². The largest absolute Gasteiger partial charge is 0.455 e. The van der Waals surface area contributed by atoms with Crippen LogP contribution in [0.1, 0.15) is 6.92 Å². The Bertz CT molecular complexity index is 275. The molecule has 0 saturated carbocycles. The summed E-state index contributed by atoms with van der Waals surface area (Å²) in [6.07, 6.45) is 2.46. The number of ether oxygens (including phenoxy) is 2. The first-order valence-corrected chi connectivity index (χ1v) is 3.69. The zero-order valence-electron chi connectivity index (χ0n) is 6.57. The Labute approximate surface area is 69.1 Å². The minimum atomic E-state index is -0.842. The van der Waals surface area contributed by atoms with E-state index in [1.54, 1.807) is 6.08 Å². The summed E-state index contributed by atoms with van der Waals surface area (Å²) in [4.78, 5) is 21.7. The molecule has 1 aliphatic heterocycles. The number of hydrogen-bond acceptors (Lipinski definition) is 4. The molecule has 2 rings (SSSR count). The van der Waals surface area contributed by atoms with E-state index in [0.717, 1.165) is 0 Å². The van der Waals surface area contributed by atoms with Gasteiger partial charge in [0.15, 0.2) is 17.5 Å². The summed E-state index contributed by atoms with van der Waals surface area (Å²) in [5, 5.41) is 0. The van der Waals surface area contributed by atoms with Gasteiger partial charge in [-0.2, -0.15) is 0 Å². The van der Waals surface area contributed by atoms with E-state index >= 15 is 0 Å². The van der Waals surface area contributed by atoms with Gasteiger partial charge in [-0.05, 0) is 12.2 Å². The van der Waals surface area contributed by atoms with Gasteiger partial charge in [-0.15, -0.1) is 0 Å². The molecule has 0 bridgehead atoms. The molecule has 4 nitrogen and oxygen atoms in total. The number of epoxide rings is 1. The number of esters is 1. The van der Waals surface area contributed by atoms with E-state index in [1.165, 1.54) is 13.0 Å². The second-order valence-corrected chi connectivity index (χ2v) is 2.93. The van der Waals surface area contributed by atoms with E-state index in [1.807, 2.05) is 0 Å². The lowest BCUT2D eigenvalue weighted by Gasteiger charge is -2.12. The van der Waals surface area contributed by atoms with Crippen molar-refractivity contribution in [2.24, 2.45) is 0 Å². The Morgan fingerprint density at radius 2 is 2.50 bits per heavy atom. The van der Waals surface area contributed by atoms with E-state index in [4.69, 9.17) is 9.47 Å². The van der Waals surface area contributed by atoms with Crippen LogP contribution in [0.3, 0.4) is 0 Å². The molecule has 64 valence electrons. The van der Waals surface area contributed by atoms with Crippen molar-refractivity contribution in [3.63, 3.8) is 0 Å². The van der Waals surface area contributed by atoms with Crippen LogP contribution in [0.5, 0.6) is 0 Å². The molecule has 0 aromatic carbocycles. The third-order valence-electron chi connectivity index (χ3n) is 2.05. The van der Waals surface area contributed by atoms with Crippen LogP contribution in [0.25, 0.3) is 0 Å². The summed E-state index contributed by atoms with van der Waals surface area (Å²) < 4.78 is 9.88.